The van der Waals surface area contributed by atoms with Crippen molar-refractivity contribution in [3.05, 3.63) is 0 Å². The molecule has 0 aromatic carbocycles. The minimum Gasteiger partial charge on any atom is -0.377 e. The summed E-state index contributed by atoms with van der Waals surface area (Å²) in [5.41, 5.74) is 0. The first-order valence-corrected chi connectivity index (χ1v) is 6.03. The van der Waals surface area contributed by atoms with Crippen LogP contribution in [0.5, 0.6) is 0 Å². The third-order valence-corrected chi connectivity index (χ3v) is 3.75. The first-order valence-electron chi connectivity index (χ1n) is 4.88. The molecule has 2 heterocycles. The molecule has 0 bridgehead atoms. The number of hydrogen-bond donors (Lipinski definition) is 1. The molecular formula is C9H17NOS. The number of hydrogen-bond acceptors (Lipinski definition) is 3. The lowest BCUT2D eigenvalue weighted by molar-refractivity contribution is 0.108. The van der Waals surface area contributed by atoms with Crippen LogP contribution in [-0.2, 0) is 4.74 Å². The largest absolute Gasteiger partial charge is 0.377 e. The summed E-state index contributed by atoms with van der Waals surface area (Å²) in [6.07, 6.45) is 4.37. The lowest BCUT2D eigenvalue weighted by atomic mass is 10.2. The summed E-state index contributed by atoms with van der Waals surface area (Å²) in [4.78, 5) is 0. The Morgan fingerprint density at radius 1 is 1.42 bits per heavy atom. The smallest absolute Gasteiger partial charge is 0.0700 e. The summed E-state index contributed by atoms with van der Waals surface area (Å²) >= 11 is 2.06. The molecule has 0 aliphatic carbocycles. The van der Waals surface area contributed by atoms with Crippen LogP contribution >= 0.6 is 11.8 Å². The number of nitrogens with one attached hydrogen (secondary N) is 1. The van der Waals surface area contributed by atoms with Gasteiger partial charge in [-0.25, -0.2) is 0 Å². The molecule has 3 heteroatoms. The molecule has 0 aromatic heterocycles. The fraction of sp³-hybridized carbons (Fsp3) is 1.00. The van der Waals surface area contributed by atoms with E-state index < -0.39 is 0 Å². The molecule has 2 fully saturated rings. The predicted octanol–water partition coefficient (Wildman–Crippen LogP) is 1.26. The highest BCUT2D eigenvalue weighted by Gasteiger charge is 2.19. The Morgan fingerprint density at radius 2 is 2.42 bits per heavy atom. The topological polar surface area (TPSA) is 21.3 Å². The van der Waals surface area contributed by atoms with Crippen molar-refractivity contribution in [1.82, 2.24) is 5.32 Å². The van der Waals surface area contributed by atoms with Crippen molar-refractivity contribution in [2.24, 2.45) is 0 Å². The Morgan fingerprint density at radius 3 is 3.08 bits per heavy atom. The maximum Gasteiger partial charge on any atom is 0.0700 e. The average molecular weight is 187 g/mol. The van der Waals surface area contributed by atoms with Crippen LogP contribution < -0.4 is 5.32 Å². The summed E-state index contributed by atoms with van der Waals surface area (Å²) in [5.74, 6) is 2.63. The number of rotatable bonds is 3. The van der Waals surface area contributed by atoms with E-state index >= 15 is 0 Å². The molecule has 2 atom stereocenters. The molecule has 2 aliphatic rings. The summed E-state index contributed by atoms with van der Waals surface area (Å²) in [6, 6.07) is 0.763. The van der Waals surface area contributed by atoms with E-state index in [-0.39, 0.29) is 0 Å². The van der Waals surface area contributed by atoms with Crippen molar-refractivity contribution in [1.29, 1.82) is 0 Å². The van der Waals surface area contributed by atoms with Gasteiger partial charge in [0.15, 0.2) is 0 Å². The second-order valence-corrected chi connectivity index (χ2v) is 4.75. The minimum absolute atomic E-state index is 0.510. The zero-order valence-electron chi connectivity index (χ0n) is 7.42. The van der Waals surface area contributed by atoms with Gasteiger partial charge in [0, 0.05) is 24.9 Å². The number of ether oxygens (including phenoxy) is 1. The quantitative estimate of drug-likeness (QED) is 0.719. The van der Waals surface area contributed by atoms with Gasteiger partial charge in [0.1, 0.15) is 0 Å². The standard InChI is InChI=1S/C9H17NOS/c1-2-9(11-4-1)6-10-8-3-5-12-7-8/h8-10H,1-7H2/t8-,9+/m0/s1. The molecule has 12 heavy (non-hydrogen) atoms. The Kier molecular flexibility index (Phi) is 3.31. The second kappa shape index (κ2) is 4.49. The van der Waals surface area contributed by atoms with Crippen LogP contribution in [0.1, 0.15) is 19.3 Å². The molecule has 0 spiro atoms. The Balaban J connectivity index is 1.60. The van der Waals surface area contributed by atoms with Crippen LogP contribution in [0.4, 0.5) is 0 Å². The zero-order chi connectivity index (χ0) is 8.23. The van der Waals surface area contributed by atoms with Crippen LogP contribution in [0.25, 0.3) is 0 Å². The molecule has 2 saturated heterocycles. The Labute approximate surface area is 78.4 Å². The van der Waals surface area contributed by atoms with Gasteiger partial charge in [-0.1, -0.05) is 0 Å². The van der Waals surface area contributed by atoms with E-state index in [1.165, 1.54) is 30.8 Å². The fourth-order valence-corrected chi connectivity index (χ4v) is 2.99. The molecule has 2 nitrogen and oxygen atoms in total. The third-order valence-electron chi connectivity index (χ3n) is 2.59. The normalized spacial score (nSPS) is 36.0. The minimum atomic E-state index is 0.510. The molecule has 0 radical (unpaired) electrons. The van der Waals surface area contributed by atoms with Gasteiger partial charge in [-0.2, -0.15) is 11.8 Å². The molecule has 1 N–H and O–H groups in total. The van der Waals surface area contributed by atoms with Crippen molar-refractivity contribution in [3.8, 4) is 0 Å². The Hall–Kier alpha value is 0.270. The SMILES string of the molecule is C1CO[C@@H](CN[C@H]2CCSC2)C1. The van der Waals surface area contributed by atoms with Gasteiger partial charge in [-0.3, -0.25) is 0 Å². The Bertz CT molecular complexity index is 114. The van der Waals surface area contributed by atoms with Crippen molar-refractivity contribution in [3.63, 3.8) is 0 Å². The van der Waals surface area contributed by atoms with Crippen LogP contribution in [0, 0.1) is 0 Å². The van der Waals surface area contributed by atoms with E-state index in [0.29, 0.717) is 6.10 Å². The van der Waals surface area contributed by atoms with E-state index in [1.807, 2.05) is 0 Å². The van der Waals surface area contributed by atoms with Crippen molar-refractivity contribution in [2.75, 3.05) is 24.7 Å². The van der Waals surface area contributed by atoms with Gasteiger partial charge in [-0.15, -0.1) is 0 Å². The second-order valence-electron chi connectivity index (χ2n) is 3.60. The highest BCUT2D eigenvalue weighted by atomic mass is 32.2. The third kappa shape index (κ3) is 2.38. The highest BCUT2D eigenvalue weighted by molar-refractivity contribution is 7.99. The van der Waals surface area contributed by atoms with Crippen LogP contribution in [-0.4, -0.2) is 36.8 Å². The van der Waals surface area contributed by atoms with Gasteiger partial charge in [-0.05, 0) is 25.0 Å². The maximum atomic E-state index is 5.54. The van der Waals surface area contributed by atoms with Gasteiger partial charge in [0.05, 0.1) is 6.10 Å². The summed E-state index contributed by atoms with van der Waals surface area (Å²) in [5, 5.41) is 3.58. The van der Waals surface area contributed by atoms with E-state index in [9.17, 15) is 0 Å². The summed E-state index contributed by atoms with van der Waals surface area (Å²) in [7, 11) is 0. The number of thioether (sulfide) groups is 1. The van der Waals surface area contributed by atoms with Crippen LogP contribution in [0.2, 0.25) is 0 Å². The average Bonchev–Trinajstić information content (AvgIpc) is 2.74. The molecule has 0 amide bonds. The van der Waals surface area contributed by atoms with Crippen molar-refractivity contribution >= 4 is 11.8 Å². The van der Waals surface area contributed by atoms with Crippen LogP contribution in [0.3, 0.4) is 0 Å². The van der Waals surface area contributed by atoms with Crippen LogP contribution in [0.15, 0.2) is 0 Å². The molecule has 0 saturated carbocycles. The first-order chi connectivity index (χ1) is 5.95. The molecule has 2 aliphatic heterocycles. The predicted molar refractivity (Wildman–Crippen MR) is 52.7 cm³/mol. The first kappa shape index (κ1) is 8.85. The monoisotopic (exact) mass is 187 g/mol. The molecule has 70 valence electrons. The van der Waals surface area contributed by atoms with Gasteiger partial charge < -0.3 is 10.1 Å². The molecular weight excluding hydrogens is 170 g/mol. The van der Waals surface area contributed by atoms with E-state index in [2.05, 4.69) is 17.1 Å². The van der Waals surface area contributed by atoms with Gasteiger partial charge in [0.2, 0.25) is 0 Å². The van der Waals surface area contributed by atoms with E-state index in [1.54, 1.807) is 0 Å². The zero-order valence-corrected chi connectivity index (χ0v) is 8.24. The van der Waals surface area contributed by atoms with Gasteiger partial charge >= 0.3 is 0 Å². The highest BCUT2D eigenvalue weighted by Crippen LogP contribution is 2.18. The van der Waals surface area contributed by atoms with Crippen molar-refractivity contribution in [2.45, 2.75) is 31.4 Å². The molecule has 0 aromatic rings. The summed E-state index contributed by atoms with van der Waals surface area (Å²) in [6.45, 7) is 2.05. The van der Waals surface area contributed by atoms with E-state index in [0.717, 1.165) is 19.2 Å². The lowest BCUT2D eigenvalue weighted by Crippen LogP contribution is -2.35. The lowest BCUT2D eigenvalue weighted by Gasteiger charge is -2.14. The molecule has 0 unspecified atom stereocenters. The van der Waals surface area contributed by atoms with Gasteiger partial charge in [0.25, 0.3) is 0 Å². The molecule has 2 rings (SSSR count). The maximum absolute atomic E-state index is 5.54. The summed E-state index contributed by atoms with van der Waals surface area (Å²) < 4.78 is 5.54. The van der Waals surface area contributed by atoms with E-state index in [4.69, 9.17) is 4.74 Å². The fourth-order valence-electron chi connectivity index (χ4n) is 1.80. The van der Waals surface area contributed by atoms with Crippen molar-refractivity contribution < 1.29 is 4.74 Å².